The van der Waals surface area contributed by atoms with Crippen molar-refractivity contribution in [1.29, 1.82) is 0 Å². The number of unbranched alkanes of at least 4 members (excludes halogenated alkanes) is 5. The number of rotatable bonds is 12. The Balaban J connectivity index is 3.19. The molecular weight excluding hydrogens is 224 g/mol. The van der Waals surface area contributed by atoms with Crippen LogP contribution in [0.1, 0.15) is 51.4 Å². The number of hydrogen-bond donors (Lipinski definition) is 2. The molecule has 0 aromatic heterocycles. The molecule has 0 spiro atoms. The van der Waals surface area contributed by atoms with Crippen LogP contribution in [0.3, 0.4) is 0 Å². The molecule has 0 aromatic rings. The Morgan fingerprint density at radius 2 is 1.78 bits per heavy atom. The molecule has 106 valence electrons. The maximum absolute atomic E-state index is 11.5. The summed E-state index contributed by atoms with van der Waals surface area (Å²) in [6.45, 7) is 5.65. The van der Waals surface area contributed by atoms with E-state index in [1.54, 1.807) is 0 Å². The van der Waals surface area contributed by atoms with E-state index in [1.807, 2.05) is 6.08 Å². The summed E-state index contributed by atoms with van der Waals surface area (Å²) < 4.78 is 0. The highest BCUT2D eigenvalue weighted by Crippen LogP contribution is 2.07. The Labute approximate surface area is 113 Å². The number of amides is 1. The second-order valence-corrected chi connectivity index (χ2v) is 5.26. The molecule has 0 aliphatic heterocycles. The van der Waals surface area contributed by atoms with Crippen LogP contribution in [0.2, 0.25) is 0 Å². The van der Waals surface area contributed by atoms with Gasteiger partial charge in [0.25, 0.3) is 0 Å². The van der Waals surface area contributed by atoms with Gasteiger partial charge in [0.2, 0.25) is 5.91 Å². The quantitative estimate of drug-likeness (QED) is 0.403. The van der Waals surface area contributed by atoms with Crippen LogP contribution >= 0.6 is 0 Å². The van der Waals surface area contributed by atoms with Crippen molar-refractivity contribution in [3.63, 3.8) is 0 Å². The van der Waals surface area contributed by atoms with Crippen LogP contribution in [-0.2, 0) is 4.79 Å². The SMILES string of the molecule is C=CCCCCCCCC(=O)NCCC[NH+](C)C. The topological polar surface area (TPSA) is 33.5 Å². The predicted octanol–water partition coefficient (Wildman–Crippen LogP) is 1.55. The van der Waals surface area contributed by atoms with Gasteiger partial charge in [-0.1, -0.05) is 25.3 Å². The zero-order valence-corrected chi connectivity index (χ0v) is 12.3. The summed E-state index contributed by atoms with van der Waals surface area (Å²) in [5, 5.41) is 2.98. The average molecular weight is 255 g/mol. The van der Waals surface area contributed by atoms with Crippen LogP contribution in [0, 0.1) is 0 Å². The lowest BCUT2D eigenvalue weighted by Crippen LogP contribution is -3.05. The van der Waals surface area contributed by atoms with Gasteiger partial charge in [0.05, 0.1) is 20.6 Å². The van der Waals surface area contributed by atoms with Gasteiger partial charge in [0, 0.05) is 19.4 Å². The molecule has 0 fully saturated rings. The van der Waals surface area contributed by atoms with Gasteiger partial charge in [0.15, 0.2) is 0 Å². The highest BCUT2D eigenvalue weighted by molar-refractivity contribution is 5.75. The molecule has 0 aliphatic carbocycles. The van der Waals surface area contributed by atoms with E-state index in [9.17, 15) is 4.79 Å². The number of nitrogens with one attached hydrogen (secondary N) is 2. The minimum Gasteiger partial charge on any atom is -0.356 e. The van der Waals surface area contributed by atoms with Crippen LogP contribution in [0.15, 0.2) is 12.7 Å². The average Bonchev–Trinajstić information content (AvgIpc) is 2.33. The number of carbonyl (C=O) groups excluding carboxylic acids is 1. The molecule has 0 heterocycles. The summed E-state index contributed by atoms with van der Waals surface area (Å²) in [7, 11) is 4.27. The van der Waals surface area contributed by atoms with E-state index in [2.05, 4.69) is 26.0 Å². The molecule has 3 heteroatoms. The lowest BCUT2D eigenvalue weighted by molar-refractivity contribution is -0.858. The Kier molecular flexibility index (Phi) is 12.0. The molecule has 0 radical (unpaired) electrons. The number of carbonyl (C=O) groups is 1. The Bertz CT molecular complexity index is 215. The van der Waals surface area contributed by atoms with Gasteiger partial charge in [-0.15, -0.1) is 6.58 Å². The molecule has 0 atom stereocenters. The molecule has 0 aliphatic rings. The van der Waals surface area contributed by atoms with Gasteiger partial charge < -0.3 is 10.2 Å². The van der Waals surface area contributed by atoms with Crippen LogP contribution in [0.25, 0.3) is 0 Å². The fraction of sp³-hybridized carbons (Fsp3) is 0.800. The number of allylic oxidation sites excluding steroid dienone is 1. The summed E-state index contributed by atoms with van der Waals surface area (Å²) in [5.41, 5.74) is 0. The molecule has 18 heavy (non-hydrogen) atoms. The van der Waals surface area contributed by atoms with Crippen LogP contribution in [0.5, 0.6) is 0 Å². The summed E-state index contributed by atoms with van der Waals surface area (Å²) in [6, 6.07) is 0. The van der Waals surface area contributed by atoms with E-state index in [-0.39, 0.29) is 5.91 Å². The second-order valence-electron chi connectivity index (χ2n) is 5.26. The van der Waals surface area contributed by atoms with Gasteiger partial charge in [-0.2, -0.15) is 0 Å². The van der Waals surface area contributed by atoms with E-state index >= 15 is 0 Å². The summed E-state index contributed by atoms with van der Waals surface area (Å²) >= 11 is 0. The van der Waals surface area contributed by atoms with E-state index in [0.29, 0.717) is 6.42 Å². The van der Waals surface area contributed by atoms with Crippen molar-refractivity contribution >= 4 is 5.91 Å². The van der Waals surface area contributed by atoms with Crippen molar-refractivity contribution in [1.82, 2.24) is 5.32 Å². The van der Waals surface area contributed by atoms with Crippen LogP contribution in [0.4, 0.5) is 0 Å². The van der Waals surface area contributed by atoms with Crippen molar-refractivity contribution < 1.29 is 9.69 Å². The number of quaternary nitrogens is 1. The summed E-state index contributed by atoms with van der Waals surface area (Å²) in [5.74, 6) is 0.217. The van der Waals surface area contributed by atoms with Crippen molar-refractivity contribution in [2.24, 2.45) is 0 Å². The maximum Gasteiger partial charge on any atom is 0.219 e. The van der Waals surface area contributed by atoms with Crippen LogP contribution in [-0.4, -0.2) is 33.1 Å². The molecule has 0 aromatic carbocycles. The third-order valence-corrected chi connectivity index (χ3v) is 2.99. The van der Waals surface area contributed by atoms with Gasteiger partial charge in [-0.25, -0.2) is 0 Å². The number of hydrogen-bond acceptors (Lipinski definition) is 1. The van der Waals surface area contributed by atoms with E-state index in [0.717, 1.165) is 32.4 Å². The van der Waals surface area contributed by atoms with Crippen molar-refractivity contribution in [3.05, 3.63) is 12.7 Å². The normalized spacial score (nSPS) is 10.6. The highest BCUT2D eigenvalue weighted by atomic mass is 16.1. The van der Waals surface area contributed by atoms with E-state index < -0.39 is 0 Å². The molecule has 1 amide bonds. The van der Waals surface area contributed by atoms with E-state index in [4.69, 9.17) is 0 Å². The molecule has 3 nitrogen and oxygen atoms in total. The minimum atomic E-state index is 0.217. The van der Waals surface area contributed by atoms with Crippen molar-refractivity contribution in [3.8, 4) is 0 Å². The first kappa shape index (κ1) is 17.2. The standard InChI is InChI=1S/C15H30N2O/c1-4-5-6-7-8-9-10-12-15(18)16-13-11-14-17(2)3/h4H,1,5-14H2,2-3H3,(H,16,18)/p+1. The molecule has 2 N–H and O–H groups in total. The summed E-state index contributed by atoms with van der Waals surface area (Å²) in [6.07, 6.45) is 10.8. The Morgan fingerprint density at radius 1 is 1.11 bits per heavy atom. The largest absolute Gasteiger partial charge is 0.356 e. The Morgan fingerprint density at radius 3 is 2.44 bits per heavy atom. The molecule has 0 rings (SSSR count). The maximum atomic E-state index is 11.5. The smallest absolute Gasteiger partial charge is 0.219 e. The van der Waals surface area contributed by atoms with Gasteiger partial charge in [0.1, 0.15) is 0 Å². The van der Waals surface area contributed by atoms with Gasteiger partial charge in [-0.3, -0.25) is 4.79 Å². The molecule has 0 unspecified atom stereocenters. The van der Waals surface area contributed by atoms with Crippen LogP contribution < -0.4 is 10.2 Å². The fourth-order valence-corrected chi connectivity index (χ4v) is 1.86. The minimum absolute atomic E-state index is 0.217. The first-order valence-corrected chi connectivity index (χ1v) is 7.33. The lowest BCUT2D eigenvalue weighted by atomic mass is 10.1. The fourth-order valence-electron chi connectivity index (χ4n) is 1.86. The highest BCUT2D eigenvalue weighted by Gasteiger charge is 2.01. The lowest BCUT2D eigenvalue weighted by Gasteiger charge is -2.08. The van der Waals surface area contributed by atoms with Gasteiger partial charge >= 0.3 is 0 Å². The Hall–Kier alpha value is -0.830. The van der Waals surface area contributed by atoms with Gasteiger partial charge in [-0.05, 0) is 19.3 Å². The third kappa shape index (κ3) is 13.2. The first-order valence-electron chi connectivity index (χ1n) is 7.33. The monoisotopic (exact) mass is 255 g/mol. The molecule has 0 bridgehead atoms. The first-order chi connectivity index (χ1) is 8.66. The molecule has 0 saturated carbocycles. The van der Waals surface area contributed by atoms with Crippen molar-refractivity contribution in [2.45, 2.75) is 51.4 Å². The molecule has 0 saturated heterocycles. The summed E-state index contributed by atoms with van der Waals surface area (Å²) in [4.78, 5) is 12.9. The molecular formula is C15H31N2O+. The van der Waals surface area contributed by atoms with E-state index in [1.165, 1.54) is 30.6 Å². The predicted molar refractivity (Wildman–Crippen MR) is 77.8 cm³/mol. The third-order valence-electron chi connectivity index (χ3n) is 2.99. The second kappa shape index (κ2) is 12.6. The zero-order valence-electron chi connectivity index (χ0n) is 12.3. The van der Waals surface area contributed by atoms with Crippen molar-refractivity contribution in [2.75, 3.05) is 27.2 Å². The zero-order chi connectivity index (χ0) is 13.6.